The molecule has 1 unspecified atom stereocenters. The third kappa shape index (κ3) is 3.16. The lowest BCUT2D eigenvalue weighted by atomic mass is 10.3. The Kier molecular flexibility index (Phi) is 4.27. The van der Waals surface area contributed by atoms with E-state index in [0.717, 1.165) is 9.21 Å². The second-order valence-electron chi connectivity index (χ2n) is 4.59. The Morgan fingerprint density at radius 1 is 1.37 bits per heavy atom. The molecule has 2 rings (SSSR count). The lowest BCUT2D eigenvalue weighted by Gasteiger charge is -2.15. The number of halogens is 1. The van der Waals surface area contributed by atoms with Crippen molar-refractivity contribution >= 4 is 28.8 Å². The highest BCUT2D eigenvalue weighted by molar-refractivity contribution is 7.16. The van der Waals surface area contributed by atoms with E-state index in [0.29, 0.717) is 5.82 Å². The van der Waals surface area contributed by atoms with E-state index in [2.05, 4.69) is 10.3 Å². The van der Waals surface area contributed by atoms with E-state index in [1.807, 2.05) is 32.9 Å². The van der Waals surface area contributed by atoms with Gasteiger partial charge in [-0.2, -0.15) is 0 Å². The van der Waals surface area contributed by atoms with Crippen LogP contribution in [0.1, 0.15) is 37.7 Å². The summed E-state index contributed by atoms with van der Waals surface area (Å²) >= 11 is 7.41. The minimum atomic E-state index is -0.105. The number of hydrogen-bond donors (Lipinski definition) is 1. The van der Waals surface area contributed by atoms with Crippen LogP contribution in [0.4, 0.5) is 5.82 Å². The molecular weight excluding hydrogens is 282 g/mol. The summed E-state index contributed by atoms with van der Waals surface area (Å²) in [5.74, 6) is 0.369. The van der Waals surface area contributed by atoms with Crippen LogP contribution in [0, 0.1) is 0 Å². The SMILES string of the molecule is CC(Nc1nccn(C(C)C)c1=O)c1ccc(Cl)s1. The van der Waals surface area contributed by atoms with Crippen molar-refractivity contribution in [1.29, 1.82) is 0 Å². The van der Waals surface area contributed by atoms with Crippen LogP contribution in [0.3, 0.4) is 0 Å². The molecule has 6 heteroatoms. The summed E-state index contributed by atoms with van der Waals surface area (Å²) in [7, 11) is 0. The lowest BCUT2D eigenvalue weighted by Crippen LogP contribution is -2.26. The smallest absolute Gasteiger partial charge is 0.293 e. The number of nitrogens with one attached hydrogen (secondary N) is 1. The first-order chi connectivity index (χ1) is 8.99. The molecular formula is C13H16ClN3OS. The third-order valence-corrected chi connectivity index (χ3v) is 4.21. The zero-order chi connectivity index (χ0) is 14.0. The van der Waals surface area contributed by atoms with Crippen LogP contribution in [-0.4, -0.2) is 9.55 Å². The first-order valence-corrected chi connectivity index (χ1v) is 7.27. The molecule has 0 amide bonds. The molecule has 1 N–H and O–H groups in total. The van der Waals surface area contributed by atoms with Gasteiger partial charge in [0.05, 0.1) is 10.4 Å². The van der Waals surface area contributed by atoms with Crippen molar-refractivity contribution in [2.24, 2.45) is 0 Å². The van der Waals surface area contributed by atoms with Gasteiger partial charge in [-0.1, -0.05) is 11.6 Å². The number of anilines is 1. The molecule has 0 spiro atoms. The average Bonchev–Trinajstić information content (AvgIpc) is 2.78. The van der Waals surface area contributed by atoms with Crippen LogP contribution in [0.15, 0.2) is 29.3 Å². The summed E-state index contributed by atoms with van der Waals surface area (Å²) in [6, 6.07) is 3.92. The number of rotatable bonds is 4. The minimum Gasteiger partial charge on any atom is -0.358 e. The Bertz CT molecular complexity index is 620. The van der Waals surface area contributed by atoms with E-state index in [1.165, 1.54) is 11.3 Å². The summed E-state index contributed by atoms with van der Waals surface area (Å²) in [5.41, 5.74) is -0.105. The lowest BCUT2D eigenvalue weighted by molar-refractivity contribution is 0.574. The molecule has 0 aliphatic heterocycles. The Morgan fingerprint density at radius 2 is 2.11 bits per heavy atom. The minimum absolute atomic E-state index is 0.000659. The molecule has 0 radical (unpaired) electrons. The Hall–Kier alpha value is -1.33. The standard InChI is InChI=1S/C13H16ClN3OS/c1-8(2)17-7-6-15-12(13(17)18)16-9(3)10-4-5-11(14)19-10/h4-9H,1-3H3,(H,15,16). The van der Waals surface area contributed by atoms with E-state index in [4.69, 9.17) is 11.6 Å². The number of aromatic nitrogens is 2. The van der Waals surface area contributed by atoms with Crippen molar-refractivity contribution in [3.8, 4) is 0 Å². The van der Waals surface area contributed by atoms with Crippen molar-refractivity contribution in [3.63, 3.8) is 0 Å². The molecule has 19 heavy (non-hydrogen) atoms. The van der Waals surface area contributed by atoms with Crippen LogP contribution < -0.4 is 10.9 Å². The van der Waals surface area contributed by atoms with E-state index < -0.39 is 0 Å². The normalized spacial score (nSPS) is 12.7. The van der Waals surface area contributed by atoms with Gasteiger partial charge in [-0.25, -0.2) is 4.98 Å². The van der Waals surface area contributed by atoms with E-state index in [-0.39, 0.29) is 17.6 Å². The molecule has 2 aromatic heterocycles. The molecule has 0 bridgehead atoms. The zero-order valence-electron chi connectivity index (χ0n) is 11.1. The highest BCUT2D eigenvalue weighted by atomic mass is 35.5. The van der Waals surface area contributed by atoms with Crippen molar-refractivity contribution in [1.82, 2.24) is 9.55 Å². The molecule has 0 aliphatic carbocycles. The van der Waals surface area contributed by atoms with Gasteiger partial charge in [-0.05, 0) is 32.9 Å². The Morgan fingerprint density at radius 3 is 2.68 bits per heavy atom. The summed E-state index contributed by atoms with van der Waals surface area (Å²) < 4.78 is 2.40. The second-order valence-corrected chi connectivity index (χ2v) is 6.34. The highest BCUT2D eigenvalue weighted by Crippen LogP contribution is 2.27. The van der Waals surface area contributed by atoms with E-state index in [9.17, 15) is 4.79 Å². The van der Waals surface area contributed by atoms with Gasteiger partial charge in [0.2, 0.25) is 0 Å². The third-order valence-electron chi connectivity index (χ3n) is 2.80. The molecule has 1 atom stereocenters. The fraction of sp³-hybridized carbons (Fsp3) is 0.385. The molecule has 2 heterocycles. The Balaban J connectivity index is 2.24. The average molecular weight is 298 g/mol. The molecule has 0 saturated heterocycles. The first-order valence-electron chi connectivity index (χ1n) is 6.08. The zero-order valence-corrected chi connectivity index (χ0v) is 12.6. The van der Waals surface area contributed by atoms with Gasteiger partial charge in [-0.15, -0.1) is 11.3 Å². The number of thiophene rings is 1. The quantitative estimate of drug-likeness (QED) is 0.936. The molecule has 102 valence electrons. The van der Waals surface area contributed by atoms with E-state index >= 15 is 0 Å². The van der Waals surface area contributed by atoms with Crippen LogP contribution >= 0.6 is 22.9 Å². The van der Waals surface area contributed by atoms with Crippen LogP contribution in [0.5, 0.6) is 0 Å². The van der Waals surface area contributed by atoms with Gasteiger partial charge in [0, 0.05) is 23.3 Å². The predicted molar refractivity (Wildman–Crippen MR) is 80.2 cm³/mol. The molecule has 0 aliphatic rings. The summed E-state index contributed by atoms with van der Waals surface area (Å²) in [6.07, 6.45) is 3.34. The van der Waals surface area contributed by atoms with Crippen LogP contribution in [0.2, 0.25) is 4.34 Å². The molecule has 0 saturated carbocycles. The van der Waals surface area contributed by atoms with Crippen molar-refractivity contribution < 1.29 is 0 Å². The second kappa shape index (κ2) is 5.75. The van der Waals surface area contributed by atoms with Crippen molar-refractivity contribution in [2.45, 2.75) is 32.9 Å². The molecule has 4 nitrogen and oxygen atoms in total. The van der Waals surface area contributed by atoms with Crippen LogP contribution in [0.25, 0.3) is 0 Å². The summed E-state index contributed by atoms with van der Waals surface area (Å²) in [5, 5.41) is 3.14. The highest BCUT2D eigenvalue weighted by Gasteiger charge is 2.12. The molecule has 0 fully saturated rings. The monoisotopic (exact) mass is 297 g/mol. The molecule has 0 aromatic carbocycles. The summed E-state index contributed by atoms with van der Waals surface area (Å²) in [4.78, 5) is 17.4. The van der Waals surface area contributed by atoms with Gasteiger partial charge in [-0.3, -0.25) is 4.79 Å². The maximum absolute atomic E-state index is 12.2. The maximum atomic E-state index is 12.2. The predicted octanol–water partition coefficient (Wildman–Crippen LogP) is 3.71. The number of nitrogens with zero attached hydrogens (tertiary/aromatic N) is 2. The first kappa shape index (κ1) is 14.1. The fourth-order valence-electron chi connectivity index (χ4n) is 1.77. The Labute approximate surface area is 121 Å². The largest absolute Gasteiger partial charge is 0.358 e. The van der Waals surface area contributed by atoms with Gasteiger partial charge in [0.15, 0.2) is 5.82 Å². The topological polar surface area (TPSA) is 46.9 Å². The van der Waals surface area contributed by atoms with Crippen molar-refractivity contribution in [3.05, 3.63) is 44.1 Å². The van der Waals surface area contributed by atoms with Gasteiger partial charge in [0.25, 0.3) is 5.56 Å². The fourth-order valence-corrected chi connectivity index (χ4v) is 2.83. The maximum Gasteiger partial charge on any atom is 0.293 e. The van der Waals surface area contributed by atoms with Gasteiger partial charge in [0.1, 0.15) is 0 Å². The van der Waals surface area contributed by atoms with Gasteiger partial charge < -0.3 is 9.88 Å². The summed E-state index contributed by atoms with van der Waals surface area (Å²) in [6.45, 7) is 5.91. The number of hydrogen-bond acceptors (Lipinski definition) is 4. The van der Waals surface area contributed by atoms with Crippen molar-refractivity contribution in [2.75, 3.05) is 5.32 Å². The van der Waals surface area contributed by atoms with Crippen LogP contribution in [-0.2, 0) is 0 Å². The van der Waals surface area contributed by atoms with Gasteiger partial charge >= 0.3 is 0 Å². The van der Waals surface area contributed by atoms with E-state index in [1.54, 1.807) is 17.0 Å². The molecule has 2 aromatic rings.